The van der Waals surface area contributed by atoms with Gasteiger partial charge in [0.2, 0.25) is 0 Å². The average Bonchev–Trinajstić information content (AvgIpc) is 2.26. The minimum atomic E-state index is 0.737. The van der Waals surface area contributed by atoms with Crippen molar-refractivity contribution in [3.63, 3.8) is 0 Å². The lowest BCUT2D eigenvalue weighted by molar-refractivity contribution is 0.187. The van der Waals surface area contributed by atoms with Crippen LogP contribution in [-0.4, -0.2) is 37.6 Å². The molecular weight excluding hydrogens is 231 g/mol. The van der Waals surface area contributed by atoms with Crippen LogP contribution in [0.5, 0.6) is 0 Å². The average molecular weight is 251 g/mol. The maximum Gasteiger partial charge on any atom is 0.0434 e. The Hall–Kier alpha value is 0.240. The minimum absolute atomic E-state index is 0.737. The van der Waals surface area contributed by atoms with Gasteiger partial charge in [0.15, 0.2) is 0 Å². The number of nitrogens with one attached hydrogen (secondary N) is 1. The molecule has 15 heavy (non-hydrogen) atoms. The van der Waals surface area contributed by atoms with Gasteiger partial charge in [0.25, 0.3) is 0 Å². The summed E-state index contributed by atoms with van der Waals surface area (Å²) < 4.78 is 0. The third kappa shape index (κ3) is 5.21. The number of halogens is 2. The molecule has 0 amide bonds. The Morgan fingerprint density at radius 3 is 3.07 bits per heavy atom. The van der Waals surface area contributed by atoms with Gasteiger partial charge in [-0.15, -0.1) is 0 Å². The van der Waals surface area contributed by atoms with Crippen LogP contribution in [0, 0.1) is 5.92 Å². The van der Waals surface area contributed by atoms with Crippen LogP contribution < -0.4 is 5.32 Å². The molecule has 0 aromatic heterocycles. The van der Waals surface area contributed by atoms with Gasteiger partial charge >= 0.3 is 0 Å². The summed E-state index contributed by atoms with van der Waals surface area (Å²) in [6, 6.07) is 0. The lowest BCUT2D eigenvalue weighted by Gasteiger charge is -2.32. The van der Waals surface area contributed by atoms with Crippen molar-refractivity contribution in [1.29, 1.82) is 0 Å². The second-order valence-corrected chi connectivity index (χ2v) is 4.81. The van der Waals surface area contributed by atoms with Crippen LogP contribution in [0.25, 0.3) is 0 Å². The monoisotopic (exact) mass is 250 g/mol. The highest BCUT2D eigenvalue weighted by molar-refractivity contribution is 6.36. The summed E-state index contributed by atoms with van der Waals surface area (Å²) >= 11 is 11.5. The van der Waals surface area contributed by atoms with E-state index < -0.39 is 0 Å². The highest BCUT2D eigenvalue weighted by Crippen LogP contribution is 2.17. The van der Waals surface area contributed by atoms with Crippen LogP contribution in [0.15, 0.2) is 10.6 Å². The number of rotatable bonds is 5. The molecule has 0 bridgehead atoms. The van der Waals surface area contributed by atoms with E-state index in [9.17, 15) is 0 Å². The van der Waals surface area contributed by atoms with E-state index >= 15 is 0 Å². The Balaban J connectivity index is 2.28. The molecule has 1 aliphatic heterocycles. The molecule has 1 fully saturated rings. The molecule has 0 aromatic rings. The molecule has 1 N–H and O–H groups in total. The summed E-state index contributed by atoms with van der Waals surface area (Å²) in [6.45, 7) is 7.40. The molecule has 1 atom stereocenters. The first-order valence-corrected chi connectivity index (χ1v) is 6.45. The number of nitrogens with zero attached hydrogens (tertiary/aromatic N) is 1. The van der Waals surface area contributed by atoms with Crippen molar-refractivity contribution in [3.8, 4) is 0 Å². The van der Waals surface area contributed by atoms with Crippen molar-refractivity contribution < 1.29 is 0 Å². The quantitative estimate of drug-likeness (QED) is 0.808. The normalized spacial score (nSPS) is 24.5. The van der Waals surface area contributed by atoms with Crippen molar-refractivity contribution in [2.24, 2.45) is 5.92 Å². The summed E-state index contributed by atoms with van der Waals surface area (Å²) in [5.41, 5.74) is 1.47. The Kier molecular flexibility index (Phi) is 6.66. The maximum atomic E-state index is 5.92. The van der Waals surface area contributed by atoms with E-state index in [-0.39, 0.29) is 0 Å². The fraction of sp³-hybridized carbons (Fsp3) is 0.818. The van der Waals surface area contributed by atoms with Crippen LogP contribution in [0.3, 0.4) is 0 Å². The van der Waals surface area contributed by atoms with Gasteiger partial charge in [-0.1, -0.05) is 30.1 Å². The second-order valence-electron chi connectivity index (χ2n) is 4.11. The molecule has 1 unspecified atom stereocenters. The zero-order chi connectivity index (χ0) is 11.1. The smallest absolute Gasteiger partial charge is 0.0434 e. The molecule has 88 valence electrons. The molecule has 0 saturated carbocycles. The Labute approximate surface area is 103 Å². The van der Waals surface area contributed by atoms with Gasteiger partial charge in [0.1, 0.15) is 0 Å². The van der Waals surface area contributed by atoms with Crippen molar-refractivity contribution in [3.05, 3.63) is 10.6 Å². The molecule has 1 rings (SSSR count). The van der Waals surface area contributed by atoms with Crippen molar-refractivity contribution in [2.45, 2.75) is 19.8 Å². The zero-order valence-corrected chi connectivity index (χ0v) is 10.8. The molecule has 0 radical (unpaired) electrons. The topological polar surface area (TPSA) is 15.3 Å². The molecule has 0 spiro atoms. The van der Waals surface area contributed by atoms with Crippen molar-refractivity contribution >= 4 is 23.2 Å². The lowest BCUT2D eigenvalue weighted by Crippen LogP contribution is -2.40. The van der Waals surface area contributed by atoms with Gasteiger partial charge in [-0.3, -0.25) is 4.90 Å². The van der Waals surface area contributed by atoms with Crippen LogP contribution in [0.4, 0.5) is 0 Å². The molecule has 1 heterocycles. The Morgan fingerprint density at radius 1 is 1.60 bits per heavy atom. The predicted octanol–water partition coefficient (Wildman–Crippen LogP) is 2.63. The number of piperidine rings is 1. The summed E-state index contributed by atoms with van der Waals surface area (Å²) in [7, 11) is 0. The molecular formula is C11H20Cl2N2. The highest BCUT2D eigenvalue weighted by atomic mass is 35.5. The number of hydrogen-bond acceptors (Lipinski definition) is 2. The van der Waals surface area contributed by atoms with E-state index in [1.807, 2.05) is 0 Å². The predicted molar refractivity (Wildman–Crippen MR) is 67.5 cm³/mol. The van der Waals surface area contributed by atoms with Crippen LogP contribution in [0.1, 0.15) is 19.8 Å². The number of likely N-dealkylation sites (tertiary alicyclic amines) is 1. The summed E-state index contributed by atoms with van der Waals surface area (Å²) in [5, 5.41) is 4.14. The van der Waals surface area contributed by atoms with Crippen LogP contribution >= 0.6 is 23.2 Å². The fourth-order valence-electron chi connectivity index (χ4n) is 2.06. The van der Waals surface area contributed by atoms with E-state index in [4.69, 9.17) is 23.2 Å². The van der Waals surface area contributed by atoms with Crippen molar-refractivity contribution in [2.75, 3.05) is 32.7 Å². The van der Waals surface area contributed by atoms with E-state index in [0.717, 1.165) is 43.7 Å². The molecule has 1 saturated heterocycles. The number of hydrogen-bond donors (Lipinski definition) is 1. The summed E-state index contributed by atoms with van der Waals surface area (Å²) in [4.78, 5) is 2.38. The van der Waals surface area contributed by atoms with E-state index in [1.165, 1.54) is 18.4 Å². The van der Waals surface area contributed by atoms with Crippen LogP contribution in [0.2, 0.25) is 0 Å². The van der Waals surface area contributed by atoms with Crippen molar-refractivity contribution in [1.82, 2.24) is 10.2 Å². The third-order valence-corrected chi connectivity index (χ3v) is 3.38. The van der Waals surface area contributed by atoms with Gasteiger partial charge in [0.05, 0.1) is 0 Å². The minimum Gasteiger partial charge on any atom is -0.317 e. The summed E-state index contributed by atoms with van der Waals surface area (Å²) in [5.74, 6) is 0.762. The first-order valence-electron chi connectivity index (χ1n) is 5.64. The van der Waals surface area contributed by atoms with E-state index in [0.29, 0.717) is 0 Å². The van der Waals surface area contributed by atoms with Gasteiger partial charge in [-0.25, -0.2) is 0 Å². The highest BCUT2D eigenvalue weighted by Gasteiger charge is 2.19. The van der Waals surface area contributed by atoms with Gasteiger partial charge in [-0.05, 0) is 38.4 Å². The van der Waals surface area contributed by atoms with E-state index in [2.05, 4.69) is 17.1 Å². The van der Waals surface area contributed by atoms with Gasteiger partial charge in [0, 0.05) is 23.7 Å². The molecule has 2 nitrogen and oxygen atoms in total. The molecule has 1 aliphatic rings. The standard InChI is InChI=1S/C11H20Cl2N2/c1-2-14-7-10-4-3-5-15(8-10)9-11(13)6-12/h6,10,14H,2-5,7-9H2,1H3. The molecule has 0 aromatic carbocycles. The van der Waals surface area contributed by atoms with Crippen LogP contribution in [-0.2, 0) is 0 Å². The zero-order valence-electron chi connectivity index (χ0n) is 9.31. The van der Waals surface area contributed by atoms with E-state index in [1.54, 1.807) is 0 Å². The first-order chi connectivity index (χ1) is 7.26. The molecule has 4 heteroatoms. The first kappa shape index (κ1) is 13.3. The van der Waals surface area contributed by atoms with Gasteiger partial charge in [-0.2, -0.15) is 0 Å². The fourth-order valence-corrected chi connectivity index (χ4v) is 2.30. The maximum absolute atomic E-state index is 5.92. The molecule has 0 aliphatic carbocycles. The largest absolute Gasteiger partial charge is 0.317 e. The SMILES string of the molecule is CCNCC1CCCN(CC(Cl)=CCl)C1. The Morgan fingerprint density at radius 2 is 2.40 bits per heavy atom. The Bertz CT molecular complexity index is 207. The van der Waals surface area contributed by atoms with Gasteiger partial charge < -0.3 is 5.32 Å². The summed E-state index contributed by atoms with van der Waals surface area (Å²) in [6.07, 6.45) is 2.59. The second kappa shape index (κ2) is 7.50. The lowest BCUT2D eigenvalue weighted by atomic mass is 9.98. The third-order valence-electron chi connectivity index (χ3n) is 2.78.